The third-order valence-electron chi connectivity index (χ3n) is 4.52. The van der Waals surface area contributed by atoms with Crippen molar-refractivity contribution in [3.63, 3.8) is 0 Å². The van der Waals surface area contributed by atoms with Crippen LogP contribution in [0.25, 0.3) is 11.0 Å². The number of carbonyl (C=O) groups excluding carboxylic acids is 1. The van der Waals surface area contributed by atoms with E-state index in [1.54, 1.807) is 18.2 Å². The molecule has 5 heteroatoms. The van der Waals surface area contributed by atoms with Gasteiger partial charge in [0.1, 0.15) is 0 Å². The average molecular weight is 307 g/mol. The third kappa shape index (κ3) is 2.25. The second-order valence-corrected chi connectivity index (χ2v) is 6.13. The number of nitrogens with zero attached hydrogens (tertiary/aromatic N) is 1. The lowest BCUT2D eigenvalue weighted by Gasteiger charge is -2.47. The molecule has 0 radical (unpaired) electrons. The summed E-state index contributed by atoms with van der Waals surface area (Å²) >= 11 is 0. The minimum Gasteiger partial charge on any atom is -0.331 e. The van der Waals surface area contributed by atoms with Crippen LogP contribution in [0.3, 0.4) is 0 Å². The second-order valence-electron chi connectivity index (χ2n) is 6.13. The summed E-state index contributed by atoms with van der Waals surface area (Å²) in [4.78, 5) is 31.5. The highest BCUT2D eigenvalue weighted by Gasteiger charge is 2.40. The summed E-state index contributed by atoms with van der Waals surface area (Å²) in [7, 11) is 0. The number of hydrogen-bond donors (Lipinski definition) is 2. The molecule has 1 saturated heterocycles. The molecule has 0 bridgehead atoms. The quantitative estimate of drug-likeness (QED) is 0.764. The van der Waals surface area contributed by atoms with Gasteiger partial charge < -0.3 is 14.9 Å². The summed E-state index contributed by atoms with van der Waals surface area (Å²) in [6.07, 6.45) is 0. The van der Waals surface area contributed by atoms with E-state index in [0.29, 0.717) is 22.5 Å². The molecule has 116 valence electrons. The van der Waals surface area contributed by atoms with E-state index in [-0.39, 0.29) is 17.6 Å². The molecule has 1 aliphatic rings. The van der Waals surface area contributed by atoms with Gasteiger partial charge in [0.2, 0.25) is 0 Å². The van der Waals surface area contributed by atoms with Crippen molar-refractivity contribution in [1.29, 1.82) is 0 Å². The smallest absolute Gasteiger partial charge is 0.323 e. The zero-order chi connectivity index (χ0) is 16.0. The molecule has 0 spiro atoms. The molecule has 2 heterocycles. The molecule has 1 fully saturated rings. The molecular formula is C18H17N3O2. The number of aromatic nitrogens is 2. The molecule has 0 aliphatic carbocycles. The molecule has 0 unspecified atom stereocenters. The van der Waals surface area contributed by atoms with Crippen LogP contribution >= 0.6 is 0 Å². The Bertz CT molecular complexity index is 926. The zero-order valence-electron chi connectivity index (χ0n) is 12.7. The van der Waals surface area contributed by atoms with E-state index in [1.807, 2.05) is 23.1 Å². The maximum absolute atomic E-state index is 12.8. The van der Waals surface area contributed by atoms with Crippen LogP contribution in [0.2, 0.25) is 0 Å². The van der Waals surface area contributed by atoms with Gasteiger partial charge in [-0.3, -0.25) is 4.79 Å². The summed E-state index contributed by atoms with van der Waals surface area (Å²) in [5.74, 6) is 0.443. The van der Waals surface area contributed by atoms with Gasteiger partial charge >= 0.3 is 5.69 Å². The van der Waals surface area contributed by atoms with E-state index in [4.69, 9.17) is 0 Å². The summed E-state index contributed by atoms with van der Waals surface area (Å²) in [6, 6.07) is 15.5. The number of H-pyrrole nitrogens is 2. The van der Waals surface area contributed by atoms with Crippen LogP contribution in [0, 0.1) is 5.92 Å². The summed E-state index contributed by atoms with van der Waals surface area (Å²) in [5, 5.41) is 0. The molecular weight excluding hydrogens is 290 g/mol. The van der Waals surface area contributed by atoms with Gasteiger partial charge in [0, 0.05) is 12.1 Å². The number of likely N-dealkylation sites (tertiary alicyclic amines) is 1. The first kappa shape index (κ1) is 13.8. The normalized spacial score (nSPS) is 20.5. The zero-order valence-corrected chi connectivity index (χ0v) is 12.7. The van der Waals surface area contributed by atoms with Gasteiger partial charge in [0.05, 0.1) is 17.1 Å². The van der Waals surface area contributed by atoms with Crippen molar-refractivity contribution in [1.82, 2.24) is 14.9 Å². The Labute approximate surface area is 133 Å². The van der Waals surface area contributed by atoms with Gasteiger partial charge in [0.25, 0.3) is 5.91 Å². The monoisotopic (exact) mass is 307 g/mol. The van der Waals surface area contributed by atoms with Crippen molar-refractivity contribution in [2.45, 2.75) is 13.0 Å². The Balaban J connectivity index is 1.66. The van der Waals surface area contributed by atoms with Crippen LogP contribution in [-0.2, 0) is 0 Å². The molecule has 4 rings (SSSR count). The molecule has 23 heavy (non-hydrogen) atoms. The highest BCUT2D eigenvalue weighted by Crippen LogP contribution is 2.39. The predicted molar refractivity (Wildman–Crippen MR) is 88.3 cm³/mol. The number of fused-ring (bicyclic) bond motifs is 1. The Hall–Kier alpha value is -2.82. The van der Waals surface area contributed by atoms with Crippen molar-refractivity contribution in [3.05, 3.63) is 70.1 Å². The second kappa shape index (κ2) is 5.12. The Morgan fingerprint density at radius 1 is 1.09 bits per heavy atom. The Morgan fingerprint density at radius 3 is 2.57 bits per heavy atom. The van der Waals surface area contributed by atoms with E-state index in [9.17, 15) is 9.59 Å². The van der Waals surface area contributed by atoms with Crippen LogP contribution in [0.15, 0.2) is 53.3 Å². The van der Waals surface area contributed by atoms with Crippen molar-refractivity contribution >= 4 is 16.9 Å². The molecule has 0 saturated carbocycles. The molecule has 1 aliphatic heterocycles. The van der Waals surface area contributed by atoms with E-state index in [1.165, 1.54) is 0 Å². The average Bonchev–Trinajstić information content (AvgIpc) is 2.92. The summed E-state index contributed by atoms with van der Waals surface area (Å²) < 4.78 is 0. The van der Waals surface area contributed by atoms with Crippen LogP contribution < -0.4 is 5.69 Å². The minimum atomic E-state index is -0.260. The van der Waals surface area contributed by atoms with E-state index < -0.39 is 0 Å². The van der Waals surface area contributed by atoms with Crippen molar-refractivity contribution < 1.29 is 4.79 Å². The number of aromatic amines is 2. The maximum Gasteiger partial charge on any atom is 0.323 e. The molecule has 2 atom stereocenters. The number of carbonyl (C=O) groups is 1. The van der Waals surface area contributed by atoms with Gasteiger partial charge in [-0.05, 0) is 29.7 Å². The molecule has 3 aromatic rings. The van der Waals surface area contributed by atoms with Gasteiger partial charge in [0.15, 0.2) is 0 Å². The van der Waals surface area contributed by atoms with Crippen molar-refractivity contribution in [2.24, 2.45) is 5.92 Å². The first-order valence-corrected chi connectivity index (χ1v) is 7.71. The standard InChI is InChI=1S/C18H17N3O2/c1-11-10-21(16(11)12-5-3-2-4-6-12)17(22)13-7-8-14-15(9-13)20-18(23)19-14/h2-9,11,16H,10H2,1H3,(H2,19,20,23)/t11-,16+/m0/s1. The fourth-order valence-electron chi connectivity index (χ4n) is 3.39. The number of benzene rings is 2. The lowest BCUT2D eigenvalue weighted by Crippen LogP contribution is -2.51. The topological polar surface area (TPSA) is 69.0 Å². The van der Waals surface area contributed by atoms with Crippen LogP contribution in [0.5, 0.6) is 0 Å². The first-order valence-electron chi connectivity index (χ1n) is 7.71. The highest BCUT2D eigenvalue weighted by molar-refractivity contribution is 5.98. The summed E-state index contributed by atoms with van der Waals surface area (Å²) in [5.41, 5.74) is 2.87. The number of imidazole rings is 1. The van der Waals surface area contributed by atoms with Gasteiger partial charge in [-0.15, -0.1) is 0 Å². The molecule has 5 nitrogen and oxygen atoms in total. The van der Waals surface area contributed by atoms with Crippen LogP contribution in [0.4, 0.5) is 0 Å². The number of hydrogen-bond acceptors (Lipinski definition) is 2. The first-order chi connectivity index (χ1) is 11.1. The van der Waals surface area contributed by atoms with Gasteiger partial charge in [-0.2, -0.15) is 0 Å². The van der Waals surface area contributed by atoms with Crippen molar-refractivity contribution in [3.8, 4) is 0 Å². The fourth-order valence-corrected chi connectivity index (χ4v) is 3.39. The number of rotatable bonds is 2. The molecule has 2 aromatic carbocycles. The van der Waals surface area contributed by atoms with Crippen LogP contribution in [0.1, 0.15) is 28.9 Å². The highest BCUT2D eigenvalue weighted by atomic mass is 16.2. The van der Waals surface area contributed by atoms with E-state index in [0.717, 1.165) is 12.1 Å². The SMILES string of the molecule is C[C@H]1CN(C(=O)c2ccc3[nH]c(=O)[nH]c3c2)[C@H]1c1ccccc1. The van der Waals surface area contributed by atoms with Gasteiger partial charge in [-0.1, -0.05) is 37.3 Å². The van der Waals surface area contributed by atoms with Crippen LogP contribution in [-0.4, -0.2) is 27.3 Å². The third-order valence-corrected chi connectivity index (χ3v) is 4.52. The maximum atomic E-state index is 12.8. The van der Waals surface area contributed by atoms with E-state index in [2.05, 4.69) is 29.0 Å². The fraction of sp³-hybridized carbons (Fsp3) is 0.222. The Kier molecular flexibility index (Phi) is 3.08. The molecule has 1 amide bonds. The lowest BCUT2D eigenvalue weighted by atomic mass is 9.84. The lowest BCUT2D eigenvalue weighted by molar-refractivity contribution is 0.0198. The molecule has 2 N–H and O–H groups in total. The largest absolute Gasteiger partial charge is 0.331 e. The van der Waals surface area contributed by atoms with Gasteiger partial charge in [-0.25, -0.2) is 4.79 Å². The van der Waals surface area contributed by atoms with E-state index >= 15 is 0 Å². The minimum absolute atomic E-state index is 0.000835. The van der Waals surface area contributed by atoms with Crippen molar-refractivity contribution in [2.75, 3.05) is 6.54 Å². The summed E-state index contributed by atoms with van der Waals surface area (Å²) in [6.45, 7) is 2.91. The Morgan fingerprint density at radius 2 is 1.83 bits per heavy atom. The number of amides is 1. The number of nitrogens with one attached hydrogen (secondary N) is 2. The predicted octanol–water partition coefficient (Wildman–Crippen LogP) is 2.69. The molecule has 1 aromatic heterocycles.